The number of benzene rings is 1. The minimum atomic E-state index is -0.875. The third-order valence-electron chi connectivity index (χ3n) is 2.04. The van der Waals surface area contributed by atoms with Crippen LogP contribution in [-0.4, -0.2) is 13.2 Å². The van der Waals surface area contributed by atoms with Gasteiger partial charge in [-0.25, -0.2) is 8.78 Å². The van der Waals surface area contributed by atoms with Crippen LogP contribution in [0.3, 0.4) is 0 Å². The zero-order chi connectivity index (χ0) is 9.97. The van der Waals surface area contributed by atoms with Crippen molar-refractivity contribution in [2.75, 3.05) is 13.2 Å². The van der Waals surface area contributed by atoms with Crippen LogP contribution in [0.2, 0.25) is 0 Å². The first-order valence-electron chi connectivity index (χ1n) is 4.45. The standard InChI is InChI=1S/C10H10F2O2/c11-8-3-2-7(6-9(8)12)10-13-4-1-5-14-10/h2-3,6,10H,1,4-5H2. The molecule has 0 N–H and O–H groups in total. The molecule has 0 bridgehead atoms. The SMILES string of the molecule is Fc1ccc(C2OCCCO2)cc1F. The zero-order valence-corrected chi connectivity index (χ0v) is 7.50. The third kappa shape index (κ3) is 1.91. The molecule has 0 saturated carbocycles. The minimum Gasteiger partial charge on any atom is -0.348 e. The number of ether oxygens (including phenoxy) is 2. The lowest BCUT2D eigenvalue weighted by Gasteiger charge is -2.23. The van der Waals surface area contributed by atoms with Crippen LogP contribution in [0.5, 0.6) is 0 Å². The van der Waals surface area contributed by atoms with Crippen molar-refractivity contribution in [1.29, 1.82) is 0 Å². The maximum Gasteiger partial charge on any atom is 0.183 e. The van der Waals surface area contributed by atoms with Gasteiger partial charge in [0.1, 0.15) is 0 Å². The van der Waals surface area contributed by atoms with Crippen molar-refractivity contribution in [2.45, 2.75) is 12.7 Å². The Labute approximate surface area is 80.4 Å². The van der Waals surface area contributed by atoms with Crippen LogP contribution in [0, 0.1) is 11.6 Å². The third-order valence-corrected chi connectivity index (χ3v) is 2.04. The summed E-state index contributed by atoms with van der Waals surface area (Å²) in [5, 5.41) is 0. The average Bonchev–Trinajstić information content (AvgIpc) is 2.23. The Morgan fingerprint density at radius 2 is 1.79 bits per heavy atom. The highest BCUT2D eigenvalue weighted by atomic mass is 19.2. The highest BCUT2D eigenvalue weighted by molar-refractivity contribution is 5.19. The van der Waals surface area contributed by atoms with E-state index >= 15 is 0 Å². The summed E-state index contributed by atoms with van der Waals surface area (Å²) in [4.78, 5) is 0. The normalized spacial score (nSPS) is 18.4. The molecule has 1 aromatic rings. The van der Waals surface area contributed by atoms with Crippen molar-refractivity contribution < 1.29 is 18.3 Å². The second-order valence-electron chi connectivity index (χ2n) is 3.10. The van der Waals surface area contributed by atoms with Gasteiger partial charge in [-0.15, -0.1) is 0 Å². The Hall–Kier alpha value is -1.00. The van der Waals surface area contributed by atoms with E-state index in [1.54, 1.807) is 0 Å². The molecule has 0 aliphatic carbocycles. The summed E-state index contributed by atoms with van der Waals surface area (Å²) in [6.07, 6.45) is 0.277. The smallest absolute Gasteiger partial charge is 0.183 e. The molecule has 0 unspecified atom stereocenters. The number of halogens is 2. The fourth-order valence-electron chi connectivity index (χ4n) is 1.34. The molecular formula is C10H10F2O2. The largest absolute Gasteiger partial charge is 0.348 e. The molecule has 1 aliphatic heterocycles. The summed E-state index contributed by atoms with van der Waals surface area (Å²) in [6.45, 7) is 1.17. The minimum absolute atomic E-state index is 0.517. The topological polar surface area (TPSA) is 18.5 Å². The van der Waals surface area contributed by atoms with Gasteiger partial charge < -0.3 is 9.47 Å². The molecule has 2 rings (SSSR count). The second-order valence-corrected chi connectivity index (χ2v) is 3.10. The van der Waals surface area contributed by atoms with Gasteiger partial charge in [0.25, 0.3) is 0 Å². The van der Waals surface area contributed by atoms with Crippen LogP contribution in [-0.2, 0) is 9.47 Å². The molecule has 0 radical (unpaired) electrons. The van der Waals surface area contributed by atoms with Crippen molar-refractivity contribution in [3.05, 3.63) is 35.4 Å². The van der Waals surface area contributed by atoms with Gasteiger partial charge in [0.2, 0.25) is 0 Å². The molecule has 4 heteroatoms. The molecule has 0 atom stereocenters. The summed E-state index contributed by atoms with van der Waals surface area (Å²) < 4.78 is 36.0. The average molecular weight is 200 g/mol. The van der Waals surface area contributed by atoms with Gasteiger partial charge >= 0.3 is 0 Å². The van der Waals surface area contributed by atoms with E-state index in [1.165, 1.54) is 6.07 Å². The quantitative estimate of drug-likeness (QED) is 0.693. The van der Waals surface area contributed by atoms with Crippen LogP contribution >= 0.6 is 0 Å². The summed E-state index contributed by atoms with van der Waals surface area (Å²) >= 11 is 0. The van der Waals surface area contributed by atoms with E-state index in [-0.39, 0.29) is 0 Å². The Morgan fingerprint density at radius 1 is 1.07 bits per heavy atom. The number of hydrogen-bond donors (Lipinski definition) is 0. The monoisotopic (exact) mass is 200 g/mol. The molecule has 14 heavy (non-hydrogen) atoms. The van der Waals surface area contributed by atoms with Gasteiger partial charge in [-0.05, 0) is 18.6 Å². The fourth-order valence-corrected chi connectivity index (χ4v) is 1.34. The van der Waals surface area contributed by atoms with Crippen LogP contribution in [0.15, 0.2) is 18.2 Å². The van der Waals surface area contributed by atoms with Crippen molar-refractivity contribution in [3.8, 4) is 0 Å². The van der Waals surface area contributed by atoms with E-state index in [9.17, 15) is 8.78 Å². The Balaban J connectivity index is 2.18. The molecule has 0 spiro atoms. The van der Waals surface area contributed by atoms with Crippen molar-refractivity contribution in [1.82, 2.24) is 0 Å². The van der Waals surface area contributed by atoms with Gasteiger partial charge in [0.05, 0.1) is 13.2 Å². The number of hydrogen-bond acceptors (Lipinski definition) is 2. The Morgan fingerprint density at radius 3 is 2.43 bits per heavy atom. The Kier molecular flexibility index (Phi) is 2.74. The summed E-state index contributed by atoms with van der Waals surface area (Å²) in [5.74, 6) is -1.73. The molecule has 1 aromatic carbocycles. The van der Waals surface area contributed by atoms with Crippen LogP contribution < -0.4 is 0 Å². The molecular weight excluding hydrogens is 190 g/mol. The Bertz CT molecular complexity index is 322. The highest BCUT2D eigenvalue weighted by Crippen LogP contribution is 2.23. The van der Waals surface area contributed by atoms with Crippen LogP contribution in [0.1, 0.15) is 18.3 Å². The van der Waals surface area contributed by atoms with Crippen LogP contribution in [0.25, 0.3) is 0 Å². The van der Waals surface area contributed by atoms with E-state index in [0.29, 0.717) is 18.8 Å². The maximum absolute atomic E-state index is 12.8. The predicted octanol–water partition coefficient (Wildman–Crippen LogP) is 2.40. The van der Waals surface area contributed by atoms with Gasteiger partial charge in [-0.3, -0.25) is 0 Å². The van der Waals surface area contributed by atoms with Crippen molar-refractivity contribution in [3.63, 3.8) is 0 Å². The molecule has 0 aromatic heterocycles. The van der Waals surface area contributed by atoms with E-state index in [0.717, 1.165) is 18.6 Å². The highest BCUT2D eigenvalue weighted by Gasteiger charge is 2.17. The van der Waals surface area contributed by atoms with Crippen molar-refractivity contribution >= 4 is 0 Å². The first-order valence-corrected chi connectivity index (χ1v) is 4.45. The molecule has 1 fully saturated rings. The van der Waals surface area contributed by atoms with Gasteiger partial charge in [0.15, 0.2) is 17.9 Å². The summed E-state index contributed by atoms with van der Waals surface area (Å²) in [5.41, 5.74) is 0.517. The first kappa shape index (κ1) is 9.55. The zero-order valence-electron chi connectivity index (χ0n) is 7.50. The molecule has 1 saturated heterocycles. The molecule has 1 heterocycles. The van der Waals surface area contributed by atoms with Crippen molar-refractivity contribution in [2.24, 2.45) is 0 Å². The predicted molar refractivity (Wildman–Crippen MR) is 45.6 cm³/mol. The molecule has 76 valence electrons. The van der Waals surface area contributed by atoms with E-state index in [1.807, 2.05) is 0 Å². The van der Waals surface area contributed by atoms with E-state index < -0.39 is 17.9 Å². The maximum atomic E-state index is 12.8. The second kappa shape index (κ2) is 4.02. The number of rotatable bonds is 1. The first-order chi connectivity index (χ1) is 6.77. The van der Waals surface area contributed by atoms with Gasteiger partial charge in [-0.2, -0.15) is 0 Å². The molecule has 2 nitrogen and oxygen atoms in total. The lowest BCUT2D eigenvalue weighted by molar-refractivity contribution is -0.183. The van der Waals surface area contributed by atoms with E-state index in [4.69, 9.17) is 9.47 Å². The lowest BCUT2D eigenvalue weighted by atomic mass is 10.2. The lowest BCUT2D eigenvalue weighted by Crippen LogP contribution is -2.17. The molecule has 0 amide bonds. The van der Waals surface area contributed by atoms with Gasteiger partial charge in [0, 0.05) is 5.56 Å². The molecule has 1 aliphatic rings. The van der Waals surface area contributed by atoms with Crippen LogP contribution in [0.4, 0.5) is 8.78 Å². The van der Waals surface area contributed by atoms with E-state index in [2.05, 4.69) is 0 Å². The van der Waals surface area contributed by atoms with Gasteiger partial charge in [-0.1, -0.05) is 6.07 Å². The summed E-state index contributed by atoms with van der Waals surface area (Å²) in [6, 6.07) is 3.64. The summed E-state index contributed by atoms with van der Waals surface area (Å²) in [7, 11) is 0. The fraction of sp³-hybridized carbons (Fsp3) is 0.400.